The van der Waals surface area contributed by atoms with Gasteiger partial charge in [0.1, 0.15) is 5.76 Å². The van der Waals surface area contributed by atoms with Gasteiger partial charge in [-0.3, -0.25) is 0 Å². The van der Waals surface area contributed by atoms with Gasteiger partial charge in [0.25, 0.3) is 0 Å². The summed E-state index contributed by atoms with van der Waals surface area (Å²) in [5, 5.41) is -0.152. The third kappa shape index (κ3) is 2.43. The quantitative estimate of drug-likeness (QED) is 0.686. The van der Waals surface area contributed by atoms with Crippen molar-refractivity contribution in [3.8, 4) is 0 Å². The van der Waals surface area contributed by atoms with Gasteiger partial charge in [-0.1, -0.05) is 22.0 Å². The molecule has 1 unspecified atom stereocenters. The molecule has 0 spiro atoms. The Morgan fingerprint density at radius 2 is 1.82 bits per heavy atom. The summed E-state index contributed by atoms with van der Waals surface area (Å²) in [6, 6.07) is 6.17. The van der Waals surface area contributed by atoms with Gasteiger partial charge in [-0.2, -0.15) is 0 Å². The zero-order valence-corrected chi connectivity index (χ0v) is 12.4. The summed E-state index contributed by atoms with van der Waals surface area (Å²) in [6.45, 7) is 6.08. The Hall–Kier alpha value is -0.730. The molecule has 3 heteroatoms. The van der Waals surface area contributed by atoms with Crippen molar-refractivity contribution in [3.05, 3.63) is 56.9 Å². The fourth-order valence-electron chi connectivity index (χ4n) is 1.90. The van der Waals surface area contributed by atoms with Crippen molar-refractivity contribution in [1.82, 2.24) is 0 Å². The van der Waals surface area contributed by atoms with Gasteiger partial charge >= 0.3 is 0 Å². The molecule has 1 heterocycles. The van der Waals surface area contributed by atoms with E-state index in [1.807, 2.05) is 13.0 Å². The highest BCUT2D eigenvalue weighted by atomic mass is 79.9. The molecule has 0 aliphatic heterocycles. The molecule has 1 atom stereocenters. The van der Waals surface area contributed by atoms with Crippen LogP contribution in [0.25, 0.3) is 0 Å². The molecule has 0 N–H and O–H groups in total. The summed E-state index contributed by atoms with van der Waals surface area (Å²) in [7, 11) is 0. The highest BCUT2D eigenvalue weighted by Crippen LogP contribution is 2.35. The summed E-state index contributed by atoms with van der Waals surface area (Å²) in [5.74, 6) is 0.880. The van der Waals surface area contributed by atoms with Crippen molar-refractivity contribution in [1.29, 1.82) is 0 Å². The molecule has 0 aliphatic carbocycles. The van der Waals surface area contributed by atoms with Gasteiger partial charge in [0.2, 0.25) is 0 Å². The normalized spacial score (nSPS) is 12.8. The molecule has 0 amide bonds. The number of aryl methyl sites for hydroxylation is 3. The summed E-state index contributed by atoms with van der Waals surface area (Å²) in [4.78, 5) is 0. The van der Waals surface area contributed by atoms with E-state index in [-0.39, 0.29) is 5.38 Å². The number of benzene rings is 1. The van der Waals surface area contributed by atoms with E-state index in [0.717, 1.165) is 21.4 Å². The Labute approximate surface area is 115 Å². The maximum atomic E-state index is 6.53. The number of hydrogen-bond acceptors (Lipinski definition) is 1. The maximum absolute atomic E-state index is 6.53. The molecular weight excluding hydrogens is 300 g/mol. The molecule has 1 aromatic heterocycles. The molecule has 0 bridgehead atoms. The molecule has 90 valence electrons. The average molecular weight is 314 g/mol. The molecule has 2 aromatic rings. The zero-order chi connectivity index (χ0) is 12.6. The fraction of sp³-hybridized carbons (Fsp3) is 0.286. The van der Waals surface area contributed by atoms with Crippen LogP contribution in [0, 0.1) is 20.8 Å². The van der Waals surface area contributed by atoms with E-state index < -0.39 is 0 Å². The second kappa shape index (κ2) is 4.87. The molecule has 2 rings (SSSR count). The molecule has 0 saturated heterocycles. The Balaban J connectivity index is 2.48. The smallest absolute Gasteiger partial charge is 0.105 e. The van der Waals surface area contributed by atoms with Gasteiger partial charge in [0.05, 0.1) is 11.6 Å². The van der Waals surface area contributed by atoms with Crippen molar-refractivity contribution in [2.45, 2.75) is 26.1 Å². The van der Waals surface area contributed by atoms with E-state index in [4.69, 9.17) is 16.0 Å². The monoisotopic (exact) mass is 312 g/mol. The Morgan fingerprint density at radius 3 is 2.41 bits per heavy atom. The van der Waals surface area contributed by atoms with Crippen LogP contribution in [0.3, 0.4) is 0 Å². The first-order valence-electron chi connectivity index (χ1n) is 5.45. The van der Waals surface area contributed by atoms with Gasteiger partial charge in [-0.15, -0.1) is 11.6 Å². The van der Waals surface area contributed by atoms with E-state index in [1.165, 1.54) is 11.1 Å². The Bertz CT molecular complexity index is 545. The summed E-state index contributed by atoms with van der Waals surface area (Å²) in [5.41, 5.74) is 4.55. The molecule has 0 radical (unpaired) electrons. The van der Waals surface area contributed by atoms with Gasteiger partial charge < -0.3 is 4.42 Å². The van der Waals surface area contributed by atoms with E-state index in [1.54, 1.807) is 6.26 Å². The van der Waals surface area contributed by atoms with Crippen LogP contribution >= 0.6 is 27.5 Å². The van der Waals surface area contributed by atoms with Crippen LogP contribution in [0.1, 0.15) is 33.4 Å². The van der Waals surface area contributed by atoms with Gasteiger partial charge in [-0.25, -0.2) is 0 Å². The molecule has 1 aromatic carbocycles. The Morgan fingerprint density at radius 1 is 1.12 bits per heavy atom. The van der Waals surface area contributed by atoms with Crippen molar-refractivity contribution < 1.29 is 4.42 Å². The first-order valence-corrected chi connectivity index (χ1v) is 6.68. The molecular formula is C14H14BrClO. The first-order chi connectivity index (χ1) is 8.00. The predicted molar refractivity (Wildman–Crippen MR) is 74.8 cm³/mol. The van der Waals surface area contributed by atoms with Crippen LogP contribution in [-0.2, 0) is 0 Å². The standard InChI is InChI=1S/C14H14BrClO/c1-8-7-13(15)9(2)6-12(8)14(16)11-4-5-17-10(11)3/h4-7,14H,1-3H3. The third-order valence-electron chi connectivity index (χ3n) is 2.99. The van der Waals surface area contributed by atoms with Crippen LogP contribution in [0.2, 0.25) is 0 Å². The van der Waals surface area contributed by atoms with Crippen molar-refractivity contribution >= 4 is 27.5 Å². The lowest BCUT2D eigenvalue weighted by atomic mass is 9.98. The molecule has 0 saturated carbocycles. The highest BCUT2D eigenvalue weighted by Gasteiger charge is 2.17. The third-order valence-corrected chi connectivity index (χ3v) is 4.32. The van der Waals surface area contributed by atoms with Crippen molar-refractivity contribution in [2.24, 2.45) is 0 Å². The average Bonchev–Trinajstić information content (AvgIpc) is 2.69. The number of halogens is 2. The van der Waals surface area contributed by atoms with E-state index in [9.17, 15) is 0 Å². The van der Waals surface area contributed by atoms with Crippen molar-refractivity contribution in [2.75, 3.05) is 0 Å². The van der Waals surface area contributed by atoms with Crippen LogP contribution in [0.4, 0.5) is 0 Å². The lowest BCUT2D eigenvalue weighted by Gasteiger charge is -2.14. The lowest BCUT2D eigenvalue weighted by molar-refractivity contribution is 0.530. The van der Waals surface area contributed by atoms with Crippen LogP contribution in [0.15, 0.2) is 33.4 Å². The van der Waals surface area contributed by atoms with E-state index in [0.29, 0.717) is 0 Å². The minimum atomic E-state index is -0.152. The molecule has 0 aliphatic rings. The molecule has 0 fully saturated rings. The lowest BCUT2D eigenvalue weighted by Crippen LogP contribution is -1.98. The summed E-state index contributed by atoms with van der Waals surface area (Å²) in [6.07, 6.45) is 1.68. The van der Waals surface area contributed by atoms with E-state index >= 15 is 0 Å². The van der Waals surface area contributed by atoms with Gasteiger partial charge in [-0.05, 0) is 49.6 Å². The largest absolute Gasteiger partial charge is 0.469 e. The summed E-state index contributed by atoms with van der Waals surface area (Å²) < 4.78 is 6.42. The zero-order valence-electron chi connectivity index (χ0n) is 10.1. The number of furan rings is 1. The number of hydrogen-bond donors (Lipinski definition) is 0. The number of rotatable bonds is 2. The minimum absolute atomic E-state index is 0.152. The topological polar surface area (TPSA) is 13.1 Å². The first kappa shape index (κ1) is 12.7. The summed E-state index contributed by atoms with van der Waals surface area (Å²) >= 11 is 10.1. The molecule has 17 heavy (non-hydrogen) atoms. The van der Waals surface area contributed by atoms with Gasteiger partial charge in [0.15, 0.2) is 0 Å². The number of alkyl halides is 1. The fourth-order valence-corrected chi connectivity index (χ4v) is 2.82. The molecule has 1 nitrogen and oxygen atoms in total. The van der Waals surface area contributed by atoms with E-state index in [2.05, 4.69) is 41.9 Å². The van der Waals surface area contributed by atoms with Crippen LogP contribution in [0.5, 0.6) is 0 Å². The predicted octanol–water partition coefficient (Wildman–Crippen LogP) is 5.30. The minimum Gasteiger partial charge on any atom is -0.469 e. The SMILES string of the molecule is Cc1cc(C(Cl)c2ccoc2C)c(C)cc1Br. The van der Waals surface area contributed by atoms with Gasteiger partial charge in [0, 0.05) is 10.0 Å². The second-order valence-corrected chi connectivity index (χ2v) is 5.54. The second-order valence-electron chi connectivity index (χ2n) is 4.25. The Kier molecular flexibility index (Phi) is 3.64. The van der Waals surface area contributed by atoms with Crippen LogP contribution < -0.4 is 0 Å². The van der Waals surface area contributed by atoms with Crippen molar-refractivity contribution in [3.63, 3.8) is 0 Å². The highest BCUT2D eigenvalue weighted by molar-refractivity contribution is 9.10. The van der Waals surface area contributed by atoms with Crippen LogP contribution in [-0.4, -0.2) is 0 Å². The maximum Gasteiger partial charge on any atom is 0.105 e.